The molecule has 0 aliphatic heterocycles. The molecule has 21 heavy (non-hydrogen) atoms. The smallest absolute Gasteiger partial charge is 0.224 e. The summed E-state index contributed by atoms with van der Waals surface area (Å²) in [5.41, 5.74) is 7.05. The van der Waals surface area contributed by atoms with Crippen molar-refractivity contribution in [1.29, 1.82) is 0 Å². The Hall–Kier alpha value is -1.75. The van der Waals surface area contributed by atoms with Gasteiger partial charge in [0.05, 0.1) is 17.0 Å². The fourth-order valence-electron chi connectivity index (χ4n) is 1.80. The van der Waals surface area contributed by atoms with E-state index in [2.05, 4.69) is 10.6 Å². The quantitative estimate of drug-likeness (QED) is 0.629. The van der Waals surface area contributed by atoms with Crippen LogP contribution in [0.3, 0.4) is 0 Å². The Morgan fingerprint density at radius 2 is 1.86 bits per heavy atom. The number of nitrogen functional groups attached to an aromatic ring is 1. The minimum Gasteiger partial charge on any atom is -0.397 e. The maximum absolute atomic E-state index is 11.9. The normalized spacial score (nSPS) is 12.1. The average Bonchev–Trinajstić information content (AvgIpc) is 2.23. The van der Waals surface area contributed by atoms with E-state index >= 15 is 0 Å². The van der Waals surface area contributed by atoms with E-state index in [0.717, 1.165) is 5.69 Å². The van der Waals surface area contributed by atoms with Crippen molar-refractivity contribution in [3.63, 3.8) is 0 Å². The van der Waals surface area contributed by atoms with E-state index in [1.165, 1.54) is 0 Å². The second kappa shape index (κ2) is 6.35. The molecule has 1 aromatic rings. The highest BCUT2D eigenvalue weighted by Gasteiger charge is 2.16. The van der Waals surface area contributed by atoms with Gasteiger partial charge in [-0.3, -0.25) is 4.79 Å². The van der Waals surface area contributed by atoms with E-state index in [4.69, 9.17) is 5.73 Å². The summed E-state index contributed by atoms with van der Waals surface area (Å²) in [6.07, 6.45) is 0.450. The largest absolute Gasteiger partial charge is 0.397 e. The minimum absolute atomic E-state index is 0.0286. The number of nitrogens with two attached hydrogens (primary N) is 1. The van der Waals surface area contributed by atoms with Gasteiger partial charge in [0.25, 0.3) is 0 Å². The highest BCUT2D eigenvalue weighted by Crippen LogP contribution is 2.25. The average molecular weight is 293 g/mol. The zero-order chi connectivity index (χ0) is 16.3. The van der Waals surface area contributed by atoms with Crippen LogP contribution in [-0.2, 0) is 4.79 Å². The van der Waals surface area contributed by atoms with Crippen molar-refractivity contribution in [2.75, 3.05) is 22.9 Å². The topological polar surface area (TPSA) is 87.4 Å². The Labute approximate surface area is 126 Å². The predicted molar refractivity (Wildman–Crippen MR) is 88.3 cm³/mol. The van der Waals surface area contributed by atoms with Crippen LogP contribution in [0.2, 0.25) is 0 Å². The number of aliphatic hydroxyl groups is 1. The fourth-order valence-corrected chi connectivity index (χ4v) is 1.80. The maximum Gasteiger partial charge on any atom is 0.224 e. The maximum atomic E-state index is 11.9. The summed E-state index contributed by atoms with van der Waals surface area (Å²) in [5, 5.41) is 15.6. The molecule has 0 aliphatic carbocycles. The molecule has 5 heteroatoms. The number of carbonyl (C=O) groups is 1. The number of amides is 1. The van der Waals surface area contributed by atoms with E-state index in [1.807, 2.05) is 20.8 Å². The molecule has 0 atom stereocenters. The SMILES string of the molecule is CC(C)(C)CC(=O)Nc1ccc(NCC(C)(C)O)c(N)c1. The summed E-state index contributed by atoms with van der Waals surface area (Å²) in [6, 6.07) is 5.31. The van der Waals surface area contributed by atoms with Gasteiger partial charge in [0.2, 0.25) is 5.91 Å². The molecule has 118 valence electrons. The molecule has 5 N–H and O–H groups in total. The first kappa shape index (κ1) is 17.3. The third-order valence-corrected chi connectivity index (χ3v) is 2.74. The Morgan fingerprint density at radius 3 is 2.33 bits per heavy atom. The number of hydrogen-bond acceptors (Lipinski definition) is 4. The first-order valence-corrected chi connectivity index (χ1v) is 7.12. The third-order valence-electron chi connectivity index (χ3n) is 2.74. The first-order chi connectivity index (χ1) is 9.46. The van der Waals surface area contributed by atoms with Gasteiger partial charge >= 0.3 is 0 Å². The van der Waals surface area contributed by atoms with Gasteiger partial charge in [-0.15, -0.1) is 0 Å². The molecule has 0 spiro atoms. The Kier molecular flexibility index (Phi) is 5.23. The van der Waals surface area contributed by atoms with Gasteiger partial charge in [0.15, 0.2) is 0 Å². The molecule has 1 amide bonds. The lowest BCUT2D eigenvalue weighted by Gasteiger charge is -2.20. The lowest BCUT2D eigenvalue weighted by molar-refractivity contribution is -0.117. The second-order valence-corrected chi connectivity index (χ2v) is 7.25. The summed E-state index contributed by atoms with van der Waals surface area (Å²) in [5.74, 6) is -0.0286. The van der Waals surface area contributed by atoms with Crippen LogP contribution in [0.4, 0.5) is 17.1 Å². The van der Waals surface area contributed by atoms with Crippen LogP contribution < -0.4 is 16.4 Å². The lowest BCUT2D eigenvalue weighted by atomic mass is 9.92. The zero-order valence-corrected chi connectivity index (χ0v) is 13.6. The molecule has 5 nitrogen and oxygen atoms in total. The van der Waals surface area contributed by atoms with Crippen LogP contribution in [-0.4, -0.2) is 23.2 Å². The van der Waals surface area contributed by atoms with E-state index < -0.39 is 5.60 Å². The molecule has 0 unspecified atom stereocenters. The Bertz CT molecular complexity index is 499. The second-order valence-electron chi connectivity index (χ2n) is 7.25. The van der Waals surface area contributed by atoms with Crippen molar-refractivity contribution in [3.8, 4) is 0 Å². The highest BCUT2D eigenvalue weighted by atomic mass is 16.3. The predicted octanol–water partition coefficient (Wildman–Crippen LogP) is 2.83. The molecule has 1 aromatic carbocycles. The van der Waals surface area contributed by atoms with Gasteiger partial charge in [-0.1, -0.05) is 20.8 Å². The van der Waals surface area contributed by atoms with E-state index in [1.54, 1.807) is 32.0 Å². The molecule has 0 radical (unpaired) electrons. The lowest BCUT2D eigenvalue weighted by Crippen LogP contribution is -2.29. The van der Waals surface area contributed by atoms with Gasteiger partial charge in [-0.2, -0.15) is 0 Å². The number of carbonyl (C=O) groups excluding carboxylic acids is 1. The van der Waals surface area contributed by atoms with Crippen molar-refractivity contribution in [2.24, 2.45) is 5.41 Å². The Balaban J connectivity index is 2.68. The number of rotatable bonds is 5. The minimum atomic E-state index is -0.813. The van der Waals surface area contributed by atoms with Crippen LogP contribution in [0.15, 0.2) is 18.2 Å². The first-order valence-electron chi connectivity index (χ1n) is 7.12. The molecule has 0 aliphatic rings. The molecule has 0 fully saturated rings. The Morgan fingerprint density at radius 1 is 1.24 bits per heavy atom. The number of benzene rings is 1. The summed E-state index contributed by atoms with van der Waals surface area (Å²) in [7, 11) is 0. The van der Waals surface area contributed by atoms with E-state index in [-0.39, 0.29) is 11.3 Å². The van der Waals surface area contributed by atoms with Crippen LogP contribution in [0.5, 0.6) is 0 Å². The third kappa shape index (κ3) is 6.99. The summed E-state index contributed by atoms with van der Waals surface area (Å²) in [4.78, 5) is 11.9. The monoisotopic (exact) mass is 293 g/mol. The van der Waals surface area contributed by atoms with Gasteiger partial charge in [0.1, 0.15) is 0 Å². The van der Waals surface area contributed by atoms with Crippen LogP contribution in [0.25, 0.3) is 0 Å². The summed E-state index contributed by atoms with van der Waals surface area (Å²) >= 11 is 0. The summed E-state index contributed by atoms with van der Waals surface area (Å²) < 4.78 is 0. The van der Waals surface area contributed by atoms with Crippen molar-refractivity contribution in [2.45, 2.75) is 46.6 Å². The number of hydrogen-bond donors (Lipinski definition) is 4. The zero-order valence-electron chi connectivity index (χ0n) is 13.6. The van der Waals surface area contributed by atoms with Crippen molar-refractivity contribution in [1.82, 2.24) is 0 Å². The van der Waals surface area contributed by atoms with Crippen LogP contribution in [0.1, 0.15) is 41.0 Å². The summed E-state index contributed by atoms with van der Waals surface area (Å²) in [6.45, 7) is 9.89. The highest BCUT2D eigenvalue weighted by molar-refractivity contribution is 5.92. The van der Waals surface area contributed by atoms with Gasteiger partial charge in [0, 0.05) is 18.7 Å². The van der Waals surface area contributed by atoms with Crippen LogP contribution >= 0.6 is 0 Å². The van der Waals surface area contributed by atoms with Gasteiger partial charge in [-0.05, 0) is 37.5 Å². The molecule has 0 saturated heterocycles. The van der Waals surface area contributed by atoms with Crippen LogP contribution in [0, 0.1) is 5.41 Å². The molecular formula is C16H27N3O2. The fraction of sp³-hybridized carbons (Fsp3) is 0.562. The van der Waals surface area contributed by atoms with Crippen molar-refractivity contribution < 1.29 is 9.90 Å². The number of anilines is 3. The number of nitrogens with one attached hydrogen (secondary N) is 2. The van der Waals surface area contributed by atoms with E-state index in [0.29, 0.717) is 24.3 Å². The molecular weight excluding hydrogens is 266 g/mol. The molecule has 1 rings (SSSR count). The van der Waals surface area contributed by atoms with Gasteiger partial charge < -0.3 is 21.5 Å². The van der Waals surface area contributed by atoms with E-state index in [9.17, 15) is 9.90 Å². The molecule has 0 heterocycles. The molecule has 0 bridgehead atoms. The van der Waals surface area contributed by atoms with Crippen molar-refractivity contribution in [3.05, 3.63) is 18.2 Å². The van der Waals surface area contributed by atoms with Crippen molar-refractivity contribution >= 4 is 23.0 Å². The standard InChI is InChI=1S/C16H27N3O2/c1-15(2,3)9-14(20)19-11-6-7-13(12(17)8-11)18-10-16(4,5)21/h6-8,18,21H,9-10,17H2,1-5H3,(H,19,20). The van der Waals surface area contributed by atoms with Gasteiger partial charge in [-0.25, -0.2) is 0 Å². The molecule has 0 saturated carbocycles. The molecule has 0 aromatic heterocycles.